The maximum atomic E-state index is 12.4. The maximum Gasteiger partial charge on any atom is 0.270 e. The number of hydrogen-bond acceptors (Lipinski definition) is 4. The minimum atomic E-state index is -0.0993. The van der Waals surface area contributed by atoms with E-state index in [9.17, 15) is 4.79 Å². The Morgan fingerprint density at radius 3 is 2.48 bits per heavy atom. The molecule has 0 spiro atoms. The van der Waals surface area contributed by atoms with E-state index >= 15 is 0 Å². The molecule has 21 heavy (non-hydrogen) atoms. The van der Waals surface area contributed by atoms with E-state index in [1.165, 1.54) is 19.3 Å². The van der Waals surface area contributed by atoms with Gasteiger partial charge in [0.15, 0.2) is 0 Å². The number of aromatic nitrogens is 2. The quantitative estimate of drug-likeness (QED) is 0.898. The molecule has 1 aliphatic rings. The summed E-state index contributed by atoms with van der Waals surface area (Å²) in [5.41, 5.74) is 0.345. The fraction of sp³-hybridized carbons (Fsp3) is 0.688. The maximum absolute atomic E-state index is 12.4. The van der Waals surface area contributed by atoms with Gasteiger partial charge in [-0.3, -0.25) is 4.79 Å². The number of carbonyl (C=O) groups excluding carboxylic acids is 1. The van der Waals surface area contributed by atoms with Crippen molar-refractivity contribution in [2.75, 3.05) is 5.32 Å². The topological polar surface area (TPSA) is 66.9 Å². The Morgan fingerprint density at radius 2 is 1.86 bits per heavy atom. The molecule has 0 unspecified atom stereocenters. The van der Waals surface area contributed by atoms with Crippen molar-refractivity contribution in [1.82, 2.24) is 15.3 Å². The Morgan fingerprint density at radius 1 is 1.19 bits per heavy atom. The van der Waals surface area contributed by atoms with Crippen LogP contribution in [0.15, 0.2) is 6.07 Å². The fourth-order valence-corrected chi connectivity index (χ4v) is 2.64. The van der Waals surface area contributed by atoms with Gasteiger partial charge in [-0.15, -0.1) is 0 Å². The Balaban J connectivity index is 2.09. The molecule has 1 aromatic heterocycles. The predicted molar refractivity (Wildman–Crippen MR) is 84.5 cm³/mol. The van der Waals surface area contributed by atoms with E-state index < -0.39 is 0 Å². The summed E-state index contributed by atoms with van der Waals surface area (Å²) in [6, 6.07) is 2.02. The number of carbonyl (C=O) groups is 1. The SMILES string of the molecule is Cc1nc(NC(C)(C)C)cc(C(=O)NC2CCCCC2)n1. The highest BCUT2D eigenvalue weighted by molar-refractivity contribution is 5.93. The Hall–Kier alpha value is -1.65. The van der Waals surface area contributed by atoms with E-state index in [2.05, 4.69) is 41.4 Å². The molecule has 0 bridgehead atoms. The molecule has 2 rings (SSSR count). The lowest BCUT2D eigenvalue weighted by Gasteiger charge is -2.23. The van der Waals surface area contributed by atoms with Gasteiger partial charge in [-0.25, -0.2) is 9.97 Å². The van der Waals surface area contributed by atoms with Crippen LogP contribution in [-0.2, 0) is 0 Å². The molecule has 1 amide bonds. The van der Waals surface area contributed by atoms with E-state index in [1.54, 1.807) is 6.07 Å². The lowest BCUT2D eigenvalue weighted by atomic mass is 9.95. The van der Waals surface area contributed by atoms with Crippen molar-refractivity contribution in [3.8, 4) is 0 Å². The van der Waals surface area contributed by atoms with Gasteiger partial charge in [0.25, 0.3) is 5.91 Å². The number of rotatable bonds is 3. The third-order valence-corrected chi connectivity index (χ3v) is 3.51. The molecule has 1 fully saturated rings. The largest absolute Gasteiger partial charge is 0.365 e. The van der Waals surface area contributed by atoms with Gasteiger partial charge in [0.1, 0.15) is 17.3 Å². The molecule has 0 aromatic carbocycles. The van der Waals surface area contributed by atoms with Crippen LogP contribution in [0.2, 0.25) is 0 Å². The monoisotopic (exact) mass is 290 g/mol. The van der Waals surface area contributed by atoms with Crippen LogP contribution < -0.4 is 10.6 Å². The molecule has 1 saturated carbocycles. The van der Waals surface area contributed by atoms with Crippen molar-refractivity contribution in [2.24, 2.45) is 0 Å². The third-order valence-electron chi connectivity index (χ3n) is 3.51. The zero-order valence-corrected chi connectivity index (χ0v) is 13.5. The van der Waals surface area contributed by atoms with Crippen molar-refractivity contribution in [3.05, 3.63) is 17.6 Å². The molecular weight excluding hydrogens is 264 g/mol. The number of anilines is 1. The summed E-state index contributed by atoms with van der Waals surface area (Å²) in [4.78, 5) is 21.0. The first-order valence-corrected chi connectivity index (χ1v) is 7.78. The van der Waals surface area contributed by atoms with Gasteiger partial charge in [-0.2, -0.15) is 0 Å². The number of aryl methyl sites for hydroxylation is 1. The highest BCUT2D eigenvalue weighted by atomic mass is 16.1. The minimum Gasteiger partial charge on any atom is -0.365 e. The smallest absolute Gasteiger partial charge is 0.270 e. The molecule has 0 aliphatic heterocycles. The van der Waals surface area contributed by atoms with Crippen molar-refractivity contribution in [3.63, 3.8) is 0 Å². The van der Waals surface area contributed by atoms with E-state index in [-0.39, 0.29) is 11.4 Å². The average molecular weight is 290 g/mol. The Kier molecular flexibility index (Phi) is 4.80. The summed E-state index contributed by atoms with van der Waals surface area (Å²) in [6.45, 7) is 8.00. The Bertz CT molecular complexity index is 501. The van der Waals surface area contributed by atoms with Gasteiger partial charge in [-0.05, 0) is 40.5 Å². The highest BCUT2D eigenvalue weighted by Gasteiger charge is 2.19. The summed E-state index contributed by atoms with van der Waals surface area (Å²) in [5, 5.41) is 6.39. The minimum absolute atomic E-state index is 0.0932. The summed E-state index contributed by atoms with van der Waals surface area (Å²) in [5.74, 6) is 1.21. The number of hydrogen-bond donors (Lipinski definition) is 2. The molecule has 1 aliphatic carbocycles. The van der Waals surface area contributed by atoms with Crippen molar-refractivity contribution >= 4 is 11.7 Å². The van der Waals surface area contributed by atoms with Crippen LogP contribution >= 0.6 is 0 Å². The lowest BCUT2D eigenvalue weighted by Crippen LogP contribution is -2.37. The van der Waals surface area contributed by atoms with Gasteiger partial charge < -0.3 is 10.6 Å². The summed E-state index contributed by atoms with van der Waals surface area (Å²) >= 11 is 0. The van der Waals surface area contributed by atoms with Crippen molar-refractivity contribution in [1.29, 1.82) is 0 Å². The van der Waals surface area contributed by atoms with Crippen LogP contribution in [0, 0.1) is 6.92 Å². The highest BCUT2D eigenvalue weighted by Crippen LogP contribution is 2.18. The molecule has 1 aromatic rings. The second-order valence-electron chi connectivity index (χ2n) is 6.87. The fourth-order valence-electron chi connectivity index (χ4n) is 2.64. The van der Waals surface area contributed by atoms with Crippen LogP contribution in [0.1, 0.15) is 69.2 Å². The van der Waals surface area contributed by atoms with Crippen LogP contribution in [-0.4, -0.2) is 27.5 Å². The Labute approximate surface area is 127 Å². The molecule has 116 valence electrons. The molecule has 0 atom stereocenters. The van der Waals surface area contributed by atoms with Crippen LogP contribution in [0.3, 0.4) is 0 Å². The standard InChI is InChI=1S/C16H26N4O/c1-11-17-13(10-14(18-11)20-16(2,3)4)15(21)19-12-8-6-5-7-9-12/h10,12H,5-9H2,1-4H3,(H,19,21)(H,17,18,20). The summed E-state index contributed by atoms with van der Waals surface area (Å²) < 4.78 is 0. The van der Waals surface area contributed by atoms with Crippen molar-refractivity contribution < 1.29 is 4.79 Å². The molecule has 5 nitrogen and oxygen atoms in total. The van der Waals surface area contributed by atoms with E-state index in [0.29, 0.717) is 23.4 Å². The molecule has 5 heteroatoms. The molecule has 0 radical (unpaired) electrons. The lowest BCUT2D eigenvalue weighted by molar-refractivity contribution is 0.0922. The van der Waals surface area contributed by atoms with E-state index in [1.807, 2.05) is 6.92 Å². The van der Waals surface area contributed by atoms with Gasteiger partial charge >= 0.3 is 0 Å². The van der Waals surface area contributed by atoms with Gasteiger partial charge in [0.05, 0.1) is 0 Å². The third kappa shape index (κ3) is 4.99. The molecule has 0 saturated heterocycles. The normalized spacial score (nSPS) is 16.6. The van der Waals surface area contributed by atoms with Gasteiger partial charge in [-0.1, -0.05) is 19.3 Å². The second-order valence-corrected chi connectivity index (χ2v) is 6.87. The van der Waals surface area contributed by atoms with Crippen molar-refractivity contribution in [2.45, 2.75) is 71.4 Å². The molecule has 1 heterocycles. The average Bonchev–Trinajstić information content (AvgIpc) is 2.37. The predicted octanol–water partition coefficient (Wildman–Crippen LogP) is 3.06. The molecular formula is C16H26N4O. The van der Waals surface area contributed by atoms with Gasteiger partial charge in [0, 0.05) is 17.6 Å². The molecule has 2 N–H and O–H groups in total. The number of amides is 1. The first-order chi connectivity index (χ1) is 9.83. The first kappa shape index (κ1) is 15.7. The van der Waals surface area contributed by atoms with Crippen LogP contribution in [0.4, 0.5) is 5.82 Å². The van der Waals surface area contributed by atoms with E-state index in [0.717, 1.165) is 12.8 Å². The number of nitrogens with zero attached hydrogens (tertiary/aromatic N) is 2. The number of nitrogens with one attached hydrogen (secondary N) is 2. The zero-order valence-electron chi connectivity index (χ0n) is 13.5. The van der Waals surface area contributed by atoms with Crippen LogP contribution in [0.5, 0.6) is 0 Å². The van der Waals surface area contributed by atoms with E-state index in [4.69, 9.17) is 0 Å². The second kappa shape index (κ2) is 6.41. The summed E-state index contributed by atoms with van der Waals surface area (Å²) in [6.07, 6.45) is 5.82. The first-order valence-electron chi connectivity index (χ1n) is 7.78. The zero-order chi connectivity index (χ0) is 15.5. The summed E-state index contributed by atoms with van der Waals surface area (Å²) in [7, 11) is 0. The van der Waals surface area contributed by atoms with Gasteiger partial charge in [0.2, 0.25) is 0 Å². The van der Waals surface area contributed by atoms with Crippen LogP contribution in [0.25, 0.3) is 0 Å².